The van der Waals surface area contributed by atoms with E-state index in [1.54, 1.807) is 33.3 Å². The lowest BCUT2D eigenvalue weighted by Gasteiger charge is -2.20. The van der Waals surface area contributed by atoms with E-state index >= 15 is 0 Å². The number of ether oxygens (including phenoxy) is 3. The number of aryl methyl sites for hydroxylation is 1. The average molecular weight is 512 g/mol. The first kappa shape index (κ1) is 26.7. The normalized spacial score (nSPS) is 11.6. The molecule has 4 aromatic rings. The minimum atomic E-state index is -0.353. The van der Waals surface area contributed by atoms with Gasteiger partial charge in [0.15, 0.2) is 0 Å². The summed E-state index contributed by atoms with van der Waals surface area (Å²) < 4.78 is 15.7. The van der Waals surface area contributed by atoms with E-state index in [2.05, 4.69) is 23.5 Å². The molecule has 1 N–H and O–H groups in total. The van der Waals surface area contributed by atoms with Crippen molar-refractivity contribution in [2.24, 2.45) is 0 Å². The van der Waals surface area contributed by atoms with Crippen LogP contribution in [-0.4, -0.2) is 32.6 Å². The third-order valence-corrected chi connectivity index (χ3v) is 6.49. The number of methoxy groups -OCH3 is 2. The minimum absolute atomic E-state index is 0.163. The van der Waals surface area contributed by atoms with E-state index in [9.17, 15) is 9.59 Å². The monoisotopic (exact) mass is 511 g/mol. The molecule has 1 atom stereocenters. The summed E-state index contributed by atoms with van der Waals surface area (Å²) in [5.41, 5.74) is 3.41. The number of carbonyl (C=O) groups is 2. The molecule has 38 heavy (non-hydrogen) atoms. The number of carbonyl (C=O) groups excluding carboxylic acids is 2. The van der Waals surface area contributed by atoms with Crippen LogP contribution in [0.5, 0.6) is 11.5 Å². The third kappa shape index (κ3) is 6.91. The van der Waals surface area contributed by atoms with Crippen molar-refractivity contribution in [3.05, 3.63) is 102 Å². The van der Waals surface area contributed by atoms with Crippen LogP contribution in [0.1, 0.15) is 47.3 Å². The van der Waals surface area contributed by atoms with Crippen molar-refractivity contribution in [3.8, 4) is 11.5 Å². The highest BCUT2D eigenvalue weighted by Crippen LogP contribution is 2.27. The van der Waals surface area contributed by atoms with E-state index in [-0.39, 0.29) is 17.8 Å². The highest BCUT2D eigenvalue weighted by molar-refractivity contribution is 5.90. The van der Waals surface area contributed by atoms with E-state index < -0.39 is 0 Å². The van der Waals surface area contributed by atoms with Crippen LogP contribution in [0.3, 0.4) is 0 Å². The van der Waals surface area contributed by atoms with Crippen LogP contribution in [0.4, 0.5) is 5.69 Å². The molecule has 0 aliphatic carbocycles. The highest BCUT2D eigenvalue weighted by atomic mass is 16.5. The van der Waals surface area contributed by atoms with E-state index in [1.807, 2.05) is 54.6 Å². The first-order valence-corrected chi connectivity index (χ1v) is 12.7. The zero-order valence-corrected chi connectivity index (χ0v) is 22.0. The first-order valence-electron chi connectivity index (χ1n) is 12.7. The SMILES string of the molecule is CCOC(=O)c1ccc(NC(CC(=O)CCc2ccc3cc(OC)ccc3c2)c2ccc(OC)cc2)cc1. The maximum absolute atomic E-state index is 13.1. The molecule has 196 valence electrons. The largest absolute Gasteiger partial charge is 0.497 e. The van der Waals surface area contributed by atoms with E-state index in [4.69, 9.17) is 14.2 Å². The number of rotatable bonds is 12. The van der Waals surface area contributed by atoms with Gasteiger partial charge in [-0.3, -0.25) is 4.79 Å². The van der Waals surface area contributed by atoms with Crippen molar-refractivity contribution < 1.29 is 23.8 Å². The van der Waals surface area contributed by atoms with Crippen LogP contribution < -0.4 is 14.8 Å². The van der Waals surface area contributed by atoms with Gasteiger partial charge >= 0.3 is 5.97 Å². The Bertz CT molecular complexity index is 1380. The number of nitrogens with one attached hydrogen (secondary N) is 1. The Kier molecular flexibility index (Phi) is 8.98. The van der Waals surface area contributed by atoms with Gasteiger partial charge in [0.25, 0.3) is 0 Å². The lowest BCUT2D eigenvalue weighted by molar-refractivity contribution is -0.119. The molecule has 0 amide bonds. The zero-order chi connectivity index (χ0) is 26.9. The molecule has 6 heteroatoms. The van der Waals surface area contributed by atoms with Gasteiger partial charge in [-0.1, -0.05) is 36.4 Å². The highest BCUT2D eigenvalue weighted by Gasteiger charge is 2.17. The van der Waals surface area contributed by atoms with Crippen LogP contribution in [-0.2, 0) is 16.0 Å². The summed E-state index contributed by atoms with van der Waals surface area (Å²) in [7, 11) is 3.29. The van der Waals surface area contributed by atoms with E-state index in [0.29, 0.717) is 31.4 Å². The number of hydrogen-bond acceptors (Lipinski definition) is 6. The minimum Gasteiger partial charge on any atom is -0.497 e. The Morgan fingerprint density at radius 3 is 2.13 bits per heavy atom. The van der Waals surface area contributed by atoms with Crippen molar-refractivity contribution in [3.63, 3.8) is 0 Å². The molecule has 0 aliphatic heterocycles. The number of fused-ring (bicyclic) bond motifs is 1. The van der Waals surface area contributed by atoms with Gasteiger partial charge in [0, 0.05) is 18.5 Å². The predicted octanol–water partition coefficient (Wildman–Crippen LogP) is 6.78. The molecule has 0 radical (unpaired) electrons. The fourth-order valence-electron chi connectivity index (χ4n) is 4.38. The molecule has 6 nitrogen and oxygen atoms in total. The summed E-state index contributed by atoms with van der Waals surface area (Å²) in [6.45, 7) is 2.11. The van der Waals surface area contributed by atoms with Crippen molar-refractivity contribution in [2.45, 2.75) is 32.2 Å². The second kappa shape index (κ2) is 12.8. The number of esters is 1. The van der Waals surface area contributed by atoms with Gasteiger partial charge < -0.3 is 19.5 Å². The third-order valence-electron chi connectivity index (χ3n) is 6.49. The lowest BCUT2D eigenvalue weighted by atomic mass is 9.96. The summed E-state index contributed by atoms with van der Waals surface area (Å²) in [6, 6.07) is 26.9. The lowest BCUT2D eigenvalue weighted by Crippen LogP contribution is -2.16. The van der Waals surface area contributed by atoms with Gasteiger partial charge in [0.1, 0.15) is 17.3 Å². The molecule has 0 fully saturated rings. The zero-order valence-electron chi connectivity index (χ0n) is 22.0. The molecule has 0 bridgehead atoms. The Balaban J connectivity index is 1.45. The molecular formula is C32H33NO5. The van der Waals surface area contributed by atoms with Crippen molar-refractivity contribution in [1.29, 1.82) is 0 Å². The number of ketones is 1. The van der Waals surface area contributed by atoms with Crippen LogP contribution in [0.2, 0.25) is 0 Å². The first-order chi connectivity index (χ1) is 18.5. The molecule has 0 aromatic heterocycles. The van der Waals surface area contributed by atoms with Gasteiger partial charge in [-0.2, -0.15) is 0 Å². The smallest absolute Gasteiger partial charge is 0.338 e. The Labute approximate surface area is 223 Å². The number of Topliss-reactive ketones (excluding diaryl/α,β-unsaturated/α-hetero) is 1. The molecule has 4 aromatic carbocycles. The summed E-state index contributed by atoms with van der Waals surface area (Å²) >= 11 is 0. The molecule has 0 heterocycles. The van der Waals surface area contributed by atoms with Crippen molar-refractivity contribution in [1.82, 2.24) is 0 Å². The van der Waals surface area contributed by atoms with Crippen molar-refractivity contribution in [2.75, 3.05) is 26.1 Å². The summed E-state index contributed by atoms with van der Waals surface area (Å²) in [6.07, 6.45) is 1.44. The average Bonchev–Trinajstić information content (AvgIpc) is 2.96. The van der Waals surface area contributed by atoms with Gasteiger partial charge in [0.05, 0.1) is 32.4 Å². The quantitative estimate of drug-likeness (QED) is 0.211. The summed E-state index contributed by atoms with van der Waals surface area (Å²) in [4.78, 5) is 25.1. The maximum Gasteiger partial charge on any atom is 0.338 e. The fourth-order valence-corrected chi connectivity index (χ4v) is 4.38. The second-order valence-electron chi connectivity index (χ2n) is 9.06. The Morgan fingerprint density at radius 1 is 0.789 bits per heavy atom. The molecule has 4 rings (SSSR count). The predicted molar refractivity (Wildman–Crippen MR) is 150 cm³/mol. The van der Waals surface area contributed by atoms with Gasteiger partial charge in [-0.25, -0.2) is 4.79 Å². The Morgan fingerprint density at radius 2 is 1.45 bits per heavy atom. The fraction of sp³-hybridized carbons (Fsp3) is 0.250. The maximum atomic E-state index is 13.1. The molecule has 1 unspecified atom stereocenters. The van der Waals surface area contributed by atoms with Crippen LogP contribution in [0.25, 0.3) is 10.8 Å². The summed E-state index contributed by atoms with van der Waals surface area (Å²) in [5, 5.41) is 5.70. The van der Waals surface area contributed by atoms with Crippen LogP contribution in [0.15, 0.2) is 84.9 Å². The van der Waals surface area contributed by atoms with Gasteiger partial charge in [0.2, 0.25) is 0 Å². The van der Waals surface area contributed by atoms with Crippen molar-refractivity contribution >= 4 is 28.2 Å². The van der Waals surface area contributed by atoms with E-state index in [0.717, 1.165) is 39.1 Å². The van der Waals surface area contributed by atoms with Gasteiger partial charge in [-0.15, -0.1) is 0 Å². The molecule has 0 spiro atoms. The second-order valence-corrected chi connectivity index (χ2v) is 9.06. The molecule has 0 saturated carbocycles. The number of hydrogen-bond donors (Lipinski definition) is 1. The summed E-state index contributed by atoms with van der Waals surface area (Å²) in [5.74, 6) is 1.39. The topological polar surface area (TPSA) is 73.9 Å². The molecular weight excluding hydrogens is 478 g/mol. The molecule has 0 saturated heterocycles. The standard InChI is InChI=1S/C32H33NO5/c1-4-38-32(35)24-8-13-27(14-9-24)33-31(23-10-16-29(36-2)17-11-23)21-28(34)15-6-22-5-7-26-20-30(37-3)18-12-25(26)19-22/h5,7-14,16-20,31,33H,4,6,15,21H2,1-3H3. The Hall–Kier alpha value is -4.32. The van der Waals surface area contributed by atoms with Gasteiger partial charge in [-0.05, 0) is 83.8 Å². The van der Waals surface area contributed by atoms with E-state index in [1.165, 1.54) is 0 Å². The van der Waals surface area contributed by atoms with Crippen LogP contribution >= 0.6 is 0 Å². The van der Waals surface area contributed by atoms with Crippen LogP contribution in [0, 0.1) is 0 Å². The number of anilines is 1. The number of benzene rings is 4. The molecule has 0 aliphatic rings.